The molecule has 0 saturated carbocycles. The fraction of sp³-hybridized carbons (Fsp3) is 0.318. The zero-order chi connectivity index (χ0) is 18.8. The summed E-state index contributed by atoms with van der Waals surface area (Å²) >= 11 is 0. The Labute approximate surface area is 159 Å². The standard InChI is InChI=1S/C22H25N3O2/c1-24-12-11-19-18-9-5-6-10-20(18)25(21(19)22(24)27)15-17(26)14-23-13-16-7-3-2-4-8-16/h2-10,17,23,26H,11-15H2,1H3/p+1/t17-/m0/s1. The quantitative estimate of drug-likeness (QED) is 0.694. The van der Waals surface area contributed by atoms with Crippen LogP contribution in [-0.2, 0) is 19.5 Å². The average molecular weight is 364 g/mol. The molecule has 3 N–H and O–H groups in total. The van der Waals surface area contributed by atoms with Gasteiger partial charge in [0.15, 0.2) is 0 Å². The number of para-hydroxylation sites is 1. The van der Waals surface area contributed by atoms with Crippen LogP contribution in [0, 0.1) is 0 Å². The summed E-state index contributed by atoms with van der Waals surface area (Å²) < 4.78 is 2.02. The molecule has 2 heterocycles. The molecule has 1 amide bonds. The third kappa shape index (κ3) is 3.48. The van der Waals surface area contributed by atoms with Gasteiger partial charge in [-0.25, -0.2) is 0 Å². The number of aromatic nitrogens is 1. The first kappa shape index (κ1) is 17.8. The van der Waals surface area contributed by atoms with Gasteiger partial charge in [-0.05, 0) is 18.1 Å². The molecular formula is C22H26N3O2+. The Morgan fingerprint density at radius 2 is 1.85 bits per heavy atom. The van der Waals surface area contributed by atoms with Crippen molar-refractivity contribution in [2.75, 3.05) is 20.1 Å². The molecule has 27 heavy (non-hydrogen) atoms. The number of quaternary nitrogens is 1. The van der Waals surface area contributed by atoms with Crippen molar-refractivity contribution in [3.05, 3.63) is 71.4 Å². The van der Waals surface area contributed by atoms with Crippen LogP contribution in [-0.4, -0.2) is 46.7 Å². The molecule has 0 spiro atoms. The minimum Gasteiger partial charge on any atom is -0.385 e. The molecule has 1 aromatic heterocycles. The summed E-state index contributed by atoms with van der Waals surface area (Å²) in [7, 11) is 1.84. The van der Waals surface area contributed by atoms with Gasteiger partial charge in [-0.1, -0.05) is 48.5 Å². The van der Waals surface area contributed by atoms with Crippen LogP contribution in [0.15, 0.2) is 54.6 Å². The Bertz CT molecular complexity index is 949. The summed E-state index contributed by atoms with van der Waals surface area (Å²) in [6.45, 7) is 2.61. The highest BCUT2D eigenvalue weighted by molar-refractivity contribution is 6.02. The summed E-state index contributed by atoms with van der Waals surface area (Å²) in [6.07, 6.45) is 0.343. The zero-order valence-electron chi connectivity index (χ0n) is 15.6. The maximum atomic E-state index is 12.8. The van der Waals surface area contributed by atoms with Crippen molar-refractivity contribution in [3.8, 4) is 0 Å². The Morgan fingerprint density at radius 1 is 1.11 bits per heavy atom. The number of nitrogens with two attached hydrogens (primary N) is 1. The molecular weight excluding hydrogens is 338 g/mol. The molecule has 0 aliphatic carbocycles. The van der Waals surface area contributed by atoms with E-state index < -0.39 is 6.10 Å². The van der Waals surface area contributed by atoms with E-state index in [1.165, 1.54) is 5.56 Å². The molecule has 0 unspecified atom stereocenters. The molecule has 0 bridgehead atoms. The summed E-state index contributed by atoms with van der Waals surface area (Å²) in [6, 6.07) is 18.4. The van der Waals surface area contributed by atoms with Crippen LogP contribution >= 0.6 is 0 Å². The van der Waals surface area contributed by atoms with Gasteiger partial charge in [0.25, 0.3) is 5.91 Å². The van der Waals surface area contributed by atoms with Gasteiger partial charge < -0.3 is 19.9 Å². The van der Waals surface area contributed by atoms with E-state index in [9.17, 15) is 9.90 Å². The second-order valence-corrected chi connectivity index (χ2v) is 7.30. The Kier molecular flexibility index (Phi) is 4.97. The Hall–Kier alpha value is -2.63. The molecule has 2 aromatic carbocycles. The lowest BCUT2D eigenvalue weighted by Crippen LogP contribution is -2.85. The zero-order valence-corrected chi connectivity index (χ0v) is 15.6. The van der Waals surface area contributed by atoms with Gasteiger partial charge in [-0.3, -0.25) is 4.79 Å². The predicted molar refractivity (Wildman–Crippen MR) is 106 cm³/mol. The maximum absolute atomic E-state index is 12.8. The largest absolute Gasteiger partial charge is 0.385 e. The molecule has 140 valence electrons. The number of aliphatic hydroxyl groups excluding tert-OH is 1. The van der Waals surface area contributed by atoms with Crippen molar-refractivity contribution >= 4 is 16.8 Å². The van der Waals surface area contributed by atoms with Gasteiger partial charge in [0.2, 0.25) is 0 Å². The highest BCUT2D eigenvalue weighted by Gasteiger charge is 2.29. The van der Waals surface area contributed by atoms with Crippen molar-refractivity contribution in [2.45, 2.75) is 25.6 Å². The van der Waals surface area contributed by atoms with Crippen LogP contribution in [0.25, 0.3) is 10.9 Å². The fourth-order valence-corrected chi connectivity index (χ4v) is 3.97. The van der Waals surface area contributed by atoms with E-state index in [-0.39, 0.29) is 5.91 Å². The first-order valence-electron chi connectivity index (χ1n) is 9.54. The number of fused-ring (bicyclic) bond motifs is 3. The van der Waals surface area contributed by atoms with E-state index in [1.54, 1.807) is 4.90 Å². The number of nitrogens with zero attached hydrogens (tertiary/aromatic N) is 2. The monoisotopic (exact) mass is 364 g/mol. The van der Waals surface area contributed by atoms with Gasteiger partial charge in [0.05, 0.1) is 6.54 Å². The topological polar surface area (TPSA) is 62.1 Å². The molecule has 0 saturated heterocycles. The van der Waals surface area contributed by atoms with E-state index in [0.717, 1.165) is 41.7 Å². The fourth-order valence-electron chi connectivity index (χ4n) is 3.97. The predicted octanol–water partition coefficient (Wildman–Crippen LogP) is 1.39. The van der Waals surface area contributed by atoms with Crippen molar-refractivity contribution in [3.63, 3.8) is 0 Å². The van der Waals surface area contributed by atoms with Gasteiger partial charge in [-0.2, -0.15) is 0 Å². The van der Waals surface area contributed by atoms with Crippen LogP contribution in [0.5, 0.6) is 0 Å². The number of hydrogen-bond acceptors (Lipinski definition) is 2. The molecule has 5 heteroatoms. The lowest BCUT2D eigenvalue weighted by atomic mass is 10.0. The van der Waals surface area contributed by atoms with E-state index in [0.29, 0.717) is 13.1 Å². The lowest BCUT2D eigenvalue weighted by Gasteiger charge is -2.25. The average Bonchev–Trinajstić information content (AvgIpc) is 3.00. The number of likely N-dealkylation sites (N-methyl/N-ethyl adjacent to an activating group) is 1. The number of benzene rings is 2. The highest BCUT2D eigenvalue weighted by Crippen LogP contribution is 2.30. The number of carbonyl (C=O) groups excluding carboxylic acids is 1. The first-order valence-corrected chi connectivity index (χ1v) is 9.54. The van der Waals surface area contributed by atoms with Crippen LogP contribution in [0.4, 0.5) is 0 Å². The number of rotatable bonds is 6. The third-order valence-electron chi connectivity index (χ3n) is 5.38. The van der Waals surface area contributed by atoms with E-state index in [2.05, 4.69) is 23.5 Å². The molecule has 1 atom stereocenters. The SMILES string of the molecule is CN1CCc2c(n(C[C@@H](O)C[NH2+]Cc3ccccc3)c3ccccc23)C1=O. The minimum absolute atomic E-state index is 0.0490. The first-order chi connectivity index (χ1) is 13.1. The number of aliphatic hydroxyl groups is 1. The summed E-state index contributed by atoms with van der Waals surface area (Å²) in [5.41, 5.74) is 4.14. The van der Waals surface area contributed by atoms with Crippen molar-refractivity contribution in [1.29, 1.82) is 0 Å². The molecule has 1 aliphatic heterocycles. The minimum atomic E-state index is -0.520. The van der Waals surface area contributed by atoms with E-state index >= 15 is 0 Å². The molecule has 4 rings (SSSR count). The summed E-state index contributed by atoms with van der Waals surface area (Å²) in [5.74, 6) is 0.0490. The molecule has 0 radical (unpaired) electrons. The second kappa shape index (κ2) is 7.55. The highest BCUT2D eigenvalue weighted by atomic mass is 16.3. The van der Waals surface area contributed by atoms with Gasteiger partial charge in [-0.15, -0.1) is 0 Å². The lowest BCUT2D eigenvalue weighted by molar-refractivity contribution is -0.676. The summed E-state index contributed by atoms with van der Waals surface area (Å²) in [4.78, 5) is 14.6. The van der Waals surface area contributed by atoms with Gasteiger partial charge in [0, 0.05) is 30.1 Å². The second-order valence-electron chi connectivity index (χ2n) is 7.30. The molecule has 3 aromatic rings. The summed E-state index contributed by atoms with van der Waals surface area (Å²) in [5, 5.41) is 13.9. The Morgan fingerprint density at radius 3 is 2.67 bits per heavy atom. The smallest absolute Gasteiger partial charge is 0.270 e. The van der Waals surface area contributed by atoms with E-state index in [4.69, 9.17) is 0 Å². The van der Waals surface area contributed by atoms with Gasteiger partial charge >= 0.3 is 0 Å². The van der Waals surface area contributed by atoms with Crippen LogP contribution in [0.1, 0.15) is 21.6 Å². The van der Waals surface area contributed by atoms with Crippen LogP contribution in [0.3, 0.4) is 0 Å². The van der Waals surface area contributed by atoms with Crippen LogP contribution < -0.4 is 5.32 Å². The molecule has 1 aliphatic rings. The van der Waals surface area contributed by atoms with E-state index in [1.807, 2.05) is 48.0 Å². The number of carbonyl (C=O) groups is 1. The number of amides is 1. The normalized spacial score (nSPS) is 15.2. The molecule has 0 fully saturated rings. The van der Waals surface area contributed by atoms with Crippen molar-refractivity contribution in [1.82, 2.24) is 9.47 Å². The van der Waals surface area contributed by atoms with Gasteiger partial charge in [0.1, 0.15) is 24.9 Å². The van der Waals surface area contributed by atoms with Crippen molar-refractivity contribution in [2.24, 2.45) is 0 Å². The molecule has 5 nitrogen and oxygen atoms in total. The third-order valence-corrected chi connectivity index (χ3v) is 5.38. The Balaban J connectivity index is 1.54. The van der Waals surface area contributed by atoms with Crippen LogP contribution in [0.2, 0.25) is 0 Å². The van der Waals surface area contributed by atoms with Crippen molar-refractivity contribution < 1.29 is 15.2 Å². The number of hydrogen-bond donors (Lipinski definition) is 2. The maximum Gasteiger partial charge on any atom is 0.270 e.